The first-order valence-electron chi connectivity index (χ1n) is 15.9. The maximum absolute atomic E-state index is 12.4. The van der Waals surface area contributed by atoms with Crippen LogP contribution in [-0.2, 0) is 19.1 Å². The molecule has 2 aromatic heterocycles. The zero-order valence-corrected chi connectivity index (χ0v) is 26.5. The van der Waals surface area contributed by atoms with Gasteiger partial charge >= 0.3 is 11.5 Å². The van der Waals surface area contributed by atoms with Crippen molar-refractivity contribution in [1.82, 2.24) is 24.8 Å². The number of carbonyl (C=O) groups is 2. The first-order chi connectivity index (χ1) is 22.0. The Labute approximate surface area is 265 Å². The van der Waals surface area contributed by atoms with E-state index in [1.165, 1.54) is 6.33 Å². The number of aromatic amines is 1. The molecule has 2 N–H and O–H groups in total. The van der Waals surface area contributed by atoms with Gasteiger partial charge in [0.2, 0.25) is 5.91 Å². The monoisotopic (exact) mass is 617 g/mol. The van der Waals surface area contributed by atoms with E-state index in [2.05, 4.69) is 88.0 Å². The molecule has 242 valence electrons. The first-order valence-corrected chi connectivity index (χ1v) is 15.9. The van der Waals surface area contributed by atoms with Gasteiger partial charge in [0.1, 0.15) is 24.5 Å². The van der Waals surface area contributed by atoms with Crippen molar-refractivity contribution in [1.29, 1.82) is 0 Å². The summed E-state index contributed by atoms with van der Waals surface area (Å²) in [5, 5.41) is 2.70. The molecule has 10 heteroatoms. The van der Waals surface area contributed by atoms with Crippen LogP contribution in [0.5, 0.6) is 0 Å². The summed E-state index contributed by atoms with van der Waals surface area (Å²) in [6, 6.07) is -0.754. The van der Waals surface area contributed by atoms with Crippen LogP contribution < -0.4 is 10.9 Å². The van der Waals surface area contributed by atoms with Crippen LogP contribution in [0, 0.1) is 0 Å². The molecule has 0 spiro atoms. The smallest absolute Gasteiger partial charge is 0.328 e. The number of ether oxygens (including phenoxy) is 2. The van der Waals surface area contributed by atoms with Gasteiger partial charge in [0.15, 0.2) is 5.52 Å². The van der Waals surface area contributed by atoms with Gasteiger partial charge in [-0.1, -0.05) is 79.8 Å². The zero-order valence-electron chi connectivity index (χ0n) is 26.5. The van der Waals surface area contributed by atoms with Crippen LogP contribution in [0.4, 0.5) is 0 Å². The minimum atomic E-state index is -0.754. The topological polar surface area (TPSA) is 128 Å². The third-order valence-corrected chi connectivity index (χ3v) is 7.05. The summed E-state index contributed by atoms with van der Waals surface area (Å²) in [4.78, 5) is 47.3. The standard InChI is InChI=1S/C35H47N5O5/c1-3-4-5-6-7-8-9-10-11-12-13-14-15-16-17-18-19-20-21-22-30(41)39-28(2)35(43)44-25-29-23-24-31(45-29)40-27-38-32-33(40)36-26-37-34(32)42/h4-5,7-8,10-11,13-14,16-17,19-20,26-29,31H,3,6,9,12,15,18,21-25H2,1-2H3,(H,39,41)(H,36,37,42)/b5-4-,8-7-,11-10-,14-13-,17-16-,20-19-/t28-,29-,31+/m0/s1. The SMILES string of the molecule is CC/C=C\C/C=C\C/C=C\C/C=C\C/C=C\C/C=C\CCC(=O)N[C@@H](C)C(=O)OC[C@@H]1CC[C@H](n2cnc3c(=O)nc[nH]c32)O1. The molecule has 0 aromatic carbocycles. The number of fused-ring (bicyclic) bond motifs is 1. The van der Waals surface area contributed by atoms with Crippen molar-refractivity contribution < 1.29 is 19.1 Å². The number of carbonyl (C=O) groups excluding carboxylic acids is 2. The van der Waals surface area contributed by atoms with Crippen molar-refractivity contribution in [2.24, 2.45) is 0 Å². The highest BCUT2D eigenvalue weighted by Gasteiger charge is 2.29. The van der Waals surface area contributed by atoms with Crippen LogP contribution in [0.3, 0.4) is 0 Å². The number of H-pyrrole nitrogens is 1. The van der Waals surface area contributed by atoms with Gasteiger partial charge in [0.05, 0.1) is 18.8 Å². The van der Waals surface area contributed by atoms with Crippen molar-refractivity contribution in [3.8, 4) is 0 Å². The molecule has 2 aromatic rings. The minimum Gasteiger partial charge on any atom is -0.461 e. The Bertz CT molecular complexity index is 1430. The van der Waals surface area contributed by atoms with E-state index in [1.807, 2.05) is 12.2 Å². The number of hydrogen-bond acceptors (Lipinski definition) is 7. The summed E-state index contributed by atoms with van der Waals surface area (Å²) in [6.45, 7) is 3.83. The van der Waals surface area contributed by atoms with Crippen molar-refractivity contribution >= 4 is 23.0 Å². The van der Waals surface area contributed by atoms with Crippen molar-refractivity contribution in [2.45, 2.75) is 96.4 Å². The lowest BCUT2D eigenvalue weighted by Crippen LogP contribution is -2.40. The average Bonchev–Trinajstić information content (AvgIpc) is 3.69. The van der Waals surface area contributed by atoms with Crippen LogP contribution in [0.25, 0.3) is 11.2 Å². The van der Waals surface area contributed by atoms with Gasteiger partial charge in [-0.25, -0.2) is 9.78 Å². The second-order valence-electron chi connectivity index (χ2n) is 10.7. The summed E-state index contributed by atoms with van der Waals surface area (Å²) in [7, 11) is 0. The fourth-order valence-electron chi connectivity index (χ4n) is 4.63. The number of esters is 1. The number of hydrogen-bond donors (Lipinski definition) is 2. The molecule has 3 heterocycles. The van der Waals surface area contributed by atoms with E-state index in [1.54, 1.807) is 17.8 Å². The largest absolute Gasteiger partial charge is 0.461 e. The number of nitrogens with zero attached hydrogens (tertiary/aromatic N) is 3. The predicted molar refractivity (Wildman–Crippen MR) is 177 cm³/mol. The number of allylic oxidation sites excluding steroid dienone is 12. The van der Waals surface area contributed by atoms with Gasteiger partial charge in [-0.2, -0.15) is 4.98 Å². The molecule has 1 fully saturated rings. The summed E-state index contributed by atoms with van der Waals surface area (Å²) in [5.41, 5.74) is 0.388. The molecule has 0 radical (unpaired) electrons. The number of nitrogens with one attached hydrogen (secondary N) is 2. The predicted octanol–water partition coefficient (Wildman–Crippen LogP) is 6.32. The number of imidazole rings is 1. The fraction of sp³-hybridized carbons (Fsp3) is 0.457. The summed E-state index contributed by atoms with van der Waals surface area (Å²) in [5.74, 6) is -0.709. The Morgan fingerprint density at radius 3 is 2.18 bits per heavy atom. The third kappa shape index (κ3) is 13.1. The number of aromatic nitrogens is 4. The molecule has 45 heavy (non-hydrogen) atoms. The van der Waals surface area contributed by atoms with E-state index in [-0.39, 0.29) is 30.4 Å². The molecule has 1 aliphatic heterocycles. The summed E-state index contributed by atoms with van der Waals surface area (Å²) < 4.78 is 13.2. The molecular weight excluding hydrogens is 570 g/mol. The molecule has 0 bridgehead atoms. The Balaban J connectivity index is 1.20. The summed E-state index contributed by atoms with van der Waals surface area (Å²) >= 11 is 0. The minimum absolute atomic E-state index is 0.0821. The molecule has 0 saturated carbocycles. The zero-order chi connectivity index (χ0) is 32.1. The van der Waals surface area contributed by atoms with E-state index in [4.69, 9.17) is 9.47 Å². The van der Waals surface area contributed by atoms with Gasteiger partial charge < -0.3 is 19.8 Å². The molecule has 0 unspecified atom stereocenters. The lowest BCUT2D eigenvalue weighted by molar-refractivity contribution is -0.151. The van der Waals surface area contributed by atoms with Crippen LogP contribution in [0.2, 0.25) is 0 Å². The second kappa shape index (κ2) is 20.6. The highest BCUT2D eigenvalue weighted by Crippen LogP contribution is 2.30. The van der Waals surface area contributed by atoms with Gasteiger partial charge in [-0.3, -0.25) is 14.2 Å². The molecule has 1 saturated heterocycles. The van der Waals surface area contributed by atoms with E-state index in [0.717, 1.165) is 38.5 Å². The Morgan fingerprint density at radius 1 is 0.956 bits per heavy atom. The third-order valence-electron chi connectivity index (χ3n) is 7.05. The van der Waals surface area contributed by atoms with E-state index >= 15 is 0 Å². The molecule has 3 atom stereocenters. The number of rotatable bonds is 19. The normalized spacial score (nSPS) is 18.2. The van der Waals surface area contributed by atoms with Crippen LogP contribution in [0.15, 0.2) is 90.4 Å². The van der Waals surface area contributed by atoms with Gasteiger partial charge in [-0.05, 0) is 64.7 Å². The highest BCUT2D eigenvalue weighted by molar-refractivity contribution is 5.84. The van der Waals surface area contributed by atoms with Crippen molar-refractivity contribution in [3.63, 3.8) is 0 Å². The molecular formula is C35H47N5O5. The van der Waals surface area contributed by atoms with Crippen molar-refractivity contribution in [3.05, 3.63) is 95.9 Å². The Kier molecular flexibility index (Phi) is 16.1. The molecule has 1 amide bonds. The van der Waals surface area contributed by atoms with Gasteiger partial charge in [-0.15, -0.1) is 0 Å². The first kappa shape index (κ1) is 35.2. The maximum Gasteiger partial charge on any atom is 0.328 e. The van der Waals surface area contributed by atoms with E-state index in [9.17, 15) is 14.4 Å². The average molecular weight is 618 g/mol. The molecule has 0 aliphatic carbocycles. The number of amides is 1. The fourth-order valence-corrected chi connectivity index (χ4v) is 4.63. The van der Waals surface area contributed by atoms with E-state index < -0.39 is 17.6 Å². The van der Waals surface area contributed by atoms with Gasteiger partial charge in [0, 0.05) is 6.42 Å². The molecule has 10 nitrogen and oxygen atoms in total. The second-order valence-corrected chi connectivity index (χ2v) is 10.7. The summed E-state index contributed by atoms with van der Waals surface area (Å²) in [6.07, 6.45) is 36.0. The Morgan fingerprint density at radius 2 is 1.56 bits per heavy atom. The van der Waals surface area contributed by atoms with E-state index in [0.29, 0.717) is 31.3 Å². The van der Waals surface area contributed by atoms with Gasteiger partial charge in [0.25, 0.3) is 0 Å². The quantitative estimate of drug-likeness (QED) is 0.139. The Hall–Kier alpha value is -4.31. The van der Waals surface area contributed by atoms with Crippen molar-refractivity contribution in [2.75, 3.05) is 6.61 Å². The highest BCUT2D eigenvalue weighted by atomic mass is 16.6. The lowest BCUT2D eigenvalue weighted by Gasteiger charge is -2.17. The van der Waals surface area contributed by atoms with Crippen LogP contribution >= 0.6 is 0 Å². The molecule has 3 rings (SSSR count). The maximum atomic E-state index is 12.4. The lowest BCUT2D eigenvalue weighted by atomic mass is 10.2. The molecule has 1 aliphatic rings. The van der Waals surface area contributed by atoms with Crippen LogP contribution in [0.1, 0.15) is 84.3 Å². The van der Waals surface area contributed by atoms with Crippen LogP contribution in [-0.4, -0.2) is 50.1 Å².